The largest absolute Gasteiger partial charge is 0.544 e. The maximum absolute atomic E-state index is 12.7. The van der Waals surface area contributed by atoms with Gasteiger partial charge in [-0.15, -0.1) is 0 Å². The Morgan fingerprint density at radius 3 is 2.10 bits per heavy atom. The molecule has 0 aliphatic carbocycles. The van der Waals surface area contributed by atoms with Crippen LogP contribution in [0.2, 0.25) is 0 Å². The van der Waals surface area contributed by atoms with Gasteiger partial charge in [0.05, 0.1) is 12.4 Å². The van der Waals surface area contributed by atoms with Gasteiger partial charge in [-0.25, -0.2) is 0 Å². The number of rotatable bonds is 8. The van der Waals surface area contributed by atoms with Crippen LogP contribution in [0, 0.1) is 0 Å². The Kier molecular flexibility index (Phi) is 7.18. The number of piperazine rings is 1. The molecule has 0 bridgehead atoms. The molecule has 1 aliphatic heterocycles. The molecule has 5 heteroatoms. The molecule has 2 N–H and O–H groups in total. The zero-order valence-corrected chi connectivity index (χ0v) is 17.3. The van der Waals surface area contributed by atoms with Crippen molar-refractivity contribution in [3.63, 3.8) is 0 Å². The molecule has 2 aromatic carbocycles. The fourth-order valence-electron chi connectivity index (χ4n) is 4.09. The highest BCUT2D eigenvalue weighted by Crippen LogP contribution is 2.15. The monoisotopic (exact) mass is 395 g/mol. The van der Waals surface area contributed by atoms with Crippen molar-refractivity contribution in [2.75, 3.05) is 26.2 Å². The van der Waals surface area contributed by atoms with Crippen LogP contribution >= 0.6 is 0 Å². The van der Waals surface area contributed by atoms with E-state index in [4.69, 9.17) is 0 Å². The Balaban J connectivity index is 1.57. The lowest BCUT2D eigenvalue weighted by molar-refractivity contribution is -1.03. The summed E-state index contributed by atoms with van der Waals surface area (Å²) in [7, 11) is 0. The topological polar surface area (TPSA) is 66.1 Å². The minimum Gasteiger partial charge on any atom is -0.544 e. The molecule has 0 radical (unpaired) electrons. The Labute approximate surface area is 172 Å². The zero-order valence-electron chi connectivity index (χ0n) is 17.3. The van der Waals surface area contributed by atoms with Gasteiger partial charge in [-0.2, -0.15) is 0 Å². The number of quaternary nitrogens is 2. The number of benzene rings is 2. The van der Waals surface area contributed by atoms with Gasteiger partial charge in [0, 0.05) is 11.1 Å². The van der Waals surface area contributed by atoms with Gasteiger partial charge in [-0.1, -0.05) is 68.4 Å². The molecule has 0 spiro atoms. The molecular weight excluding hydrogens is 364 g/mol. The fraction of sp³-hybridized carbons (Fsp3) is 0.417. The third-order valence-electron chi connectivity index (χ3n) is 5.96. The number of hydrogen-bond acceptors (Lipinski definition) is 3. The van der Waals surface area contributed by atoms with Crippen molar-refractivity contribution >= 4 is 11.8 Å². The maximum atomic E-state index is 12.7. The van der Waals surface area contributed by atoms with Gasteiger partial charge in [0.25, 0.3) is 0 Å². The van der Waals surface area contributed by atoms with E-state index in [1.165, 1.54) is 16.0 Å². The van der Waals surface area contributed by atoms with Crippen LogP contribution in [0.5, 0.6) is 0 Å². The van der Waals surface area contributed by atoms with Crippen molar-refractivity contribution in [3.8, 4) is 0 Å². The molecule has 1 heterocycles. The van der Waals surface area contributed by atoms with Crippen molar-refractivity contribution in [1.82, 2.24) is 0 Å². The third kappa shape index (κ3) is 5.75. The van der Waals surface area contributed by atoms with Crippen LogP contribution < -0.4 is 14.9 Å². The summed E-state index contributed by atoms with van der Waals surface area (Å²) in [5, 5.41) is 11.8. The molecule has 1 fully saturated rings. The molecule has 1 atom stereocenters. The van der Waals surface area contributed by atoms with E-state index in [9.17, 15) is 14.7 Å². The summed E-state index contributed by atoms with van der Waals surface area (Å²) in [6, 6.07) is 17.1. The number of carboxylic acid groups (broad SMARTS) is 1. The van der Waals surface area contributed by atoms with Crippen molar-refractivity contribution in [2.45, 2.75) is 38.8 Å². The lowest BCUT2D eigenvalue weighted by Gasteiger charge is -2.34. The number of hydrogen-bond donors (Lipinski definition) is 2. The van der Waals surface area contributed by atoms with E-state index in [-0.39, 0.29) is 12.2 Å². The first-order valence-electron chi connectivity index (χ1n) is 10.5. The van der Waals surface area contributed by atoms with Gasteiger partial charge in [0.15, 0.2) is 5.78 Å². The lowest BCUT2D eigenvalue weighted by atomic mass is 9.97. The van der Waals surface area contributed by atoms with E-state index < -0.39 is 12.0 Å². The number of ketones is 1. The summed E-state index contributed by atoms with van der Waals surface area (Å²) in [4.78, 5) is 26.9. The van der Waals surface area contributed by atoms with E-state index >= 15 is 0 Å². The van der Waals surface area contributed by atoms with Crippen LogP contribution in [0.4, 0.5) is 0 Å². The summed E-state index contributed by atoms with van der Waals surface area (Å²) in [6.45, 7) is 8.42. The fourth-order valence-corrected chi connectivity index (χ4v) is 4.09. The highest BCUT2D eigenvalue weighted by Gasteiger charge is 2.32. The molecule has 0 amide bonds. The van der Waals surface area contributed by atoms with Crippen LogP contribution in [-0.2, 0) is 11.3 Å². The highest BCUT2D eigenvalue weighted by atomic mass is 16.4. The quantitative estimate of drug-likeness (QED) is 0.592. The molecule has 1 aliphatic rings. The van der Waals surface area contributed by atoms with Crippen LogP contribution in [0.3, 0.4) is 0 Å². The minimum absolute atomic E-state index is 0.00723. The highest BCUT2D eigenvalue weighted by molar-refractivity contribution is 5.98. The zero-order chi connectivity index (χ0) is 20.8. The van der Waals surface area contributed by atoms with E-state index in [2.05, 4.69) is 26.0 Å². The number of carboxylic acids is 1. The van der Waals surface area contributed by atoms with E-state index in [1.807, 2.05) is 30.3 Å². The van der Waals surface area contributed by atoms with Crippen LogP contribution in [0.1, 0.15) is 47.7 Å². The molecule has 5 nitrogen and oxygen atoms in total. The summed E-state index contributed by atoms with van der Waals surface area (Å²) in [5.74, 6) is -0.853. The van der Waals surface area contributed by atoms with Crippen molar-refractivity contribution in [2.24, 2.45) is 0 Å². The van der Waals surface area contributed by atoms with Gasteiger partial charge in [0.1, 0.15) is 38.8 Å². The average molecular weight is 396 g/mol. The molecular formula is C24H31N2O3+. The van der Waals surface area contributed by atoms with Gasteiger partial charge >= 0.3 is 0 Å². The van der Waals surface area contributed by atoms with E-state index in [0.717, 1.165) is 37.6 Å². The van der Waals surface area contributed by atoms with E-state index in [0.29, 0.717) is 11.5 Å². The SMILES string of the molecule is CC(C)c1ccc(C(=O)C[C@@H](C(=O)[O-])[NH+]2CC[NH+](Cc3ccccc3)CC2)cc1. The maximum Gasteiger partial charge on any atom is 0.169 e. The molecule has 0 unspecified atom stereocenters. The first-order valence-corrected chi connectivity index (χ1v) is 10.5. The smallest absolute Gasteiger partial charge is 0.169 e. The van der Waals surface area contributed by atoms with Crippen LogP contribution in [0.15, 0.2) is 54.6 Å². The van der Waals surface area contributed by atoms with Crippen molar-refractivity contribution in [3.05, 3.63) is 71.3 Å². The predicted octanol–water partition coefficient (Wildman–Crippen LogP) is -0.515. The van der Waals surface area contributed by atoms with Gasteiger partial charge in [0.2, 0.25) is 0 Å². The normalized spacial score (nSPS) is 20.4. The predicted molar refractivity (Wildman–Crippen MR) is 110 cm³/mol. The Bertz CT molecular complexity index is 810. The number of aliphatic carboxylic acids is 1. The first-order chi connectivity index (χ1) is 13.9. The van der Waals surface area contributed by atoms with Gasteiger partial charge in [-0.3, -0.25) is 4.79 Å². The lowest BCUT2D eigenvalue weighted by Crippen LogP contribution is -3.29. The first kappa shape index (κ1) is 21.2. The summed E-state index contributed by atoms with van der Waals surface area (Å²) < 4.78 is 0. The van der Waals surface area contributed by atoms with Crippen LogP contribution in [-0.4, -0.2) is 44.0 Å². The second-order valence-corrected chi connectivity index (χ2v) is 8.35. The van der Waals surface area contributed by atoms with Crippen LogP contribution in [0.25, 0.3) is 0 Å². The Morgan fingerprint density at radius 1 is 0.931 bits per heavy atom. The van der Waals surface area contributed by atoms with Crippen molar-refractivity contribution < 1.29 is 24.5 Å². The van der Waals surface area contributed by atoms with Crippen molar-refractivity contribution in [1.29, 1.82) is 0 Å². The minimum atomic E-state index is -1.13. The molecule has 3 rings (SSSR count). The Morgan fingerprint density at radius 2 is 1.55 bits per heavy atom. The standard InChI is InChI=1S/C24H30N2O3/c1-18(2)20-8-10-21(11-9-20)23(27)16-22(24(28)29)26-14-12-25(13-15-26)17-19-6-4-3-5-7-19/h3-11,18,22H,12-17H2,1-2H3,(H,28,29)/p+1/t22-/m0/s1. The van der Waals surface area contributed by atoms with Gasteiger partial charge in [-0.05, 0) is 11.5 Å². The number of carbonyl (C=O) groups is 2. The molecule has 29 heavy (non-hydrogen) atoms. The number of Topliss-reactive ketones (excluding diaryl/α,β-unsaturated/α-hetero) is 1. The number of carbonyl (C=O) groups excluding carboxylic acids is 2. The average Bonchev–Trinajstić information content (AvgIpc) is 2.73. The molecule has 1 saturated heterocycles. The molecule has 0 aromatic heterocycles. The summed E-state index contributed by atoms with van der Waals surface area (Å²) >= 11 is 0. The second kappa shape index (κ2) is 9.81. The molecule has 0 saturated carbocycles. The summed E-state index contributed by atoms with van der Waals surface area (Å²) in [5.41, 5.74) is 3.04. The Hall–Kier alpha value is -2.50. The number of nitrogens with one attached hydrogen (secondary N) is 2. The third-order valence-corrected chi connectivity index (χ3v) is 5.96. The van der Waals surface area contributed by atoms with E-state index in [1.54, 1.807) is 12.1 Å². The summed E-state index contributed by atoms with van der Waals surface area (Å²) in [6.07, 6.45) is -0.00723. The molecule has 2 aromatic rings. The van der Waals surface area contributed by atoms with Gasteiger partial charge < -0.3 is 19.7 Å². The molecule has 154 valence electrons. The second-order valence-electron chi connectivity index (χ2n) is 8.35.